The summed E-state index contributed by atoms with van der Waals surface area (Å²) in [6, 6.07) is 12.8. The van der Waals surface area contributed by atoms with Crippen molar-refractivity contribution in [3.05, 3.63) is 59.2 Å². The third-order valence-corrected chi connectivity index (χ3v) is 6.50. The second-order valence-corrected chi connectivity index (χ2v) is 10.0. The number of fused-ring (bicyclic) bond motifs is 1. The van der Waals surface area contributed by atoms with E-state index in [0.717, 1.165) is 51.7 Å². The Hall–Kier alpha value is -2.58. The minimum atomic E-state index is -3.59. The van der Waals surface area contributed by atoms with Gasteiger partial charge in [0.2, 0.25) is 0 Å². The largest absolute Gasteiger partial charge is 0.383 e. The molecule has 0 bridgehead atoms. The van der Waals surface area contributed by atoms with Gasteiger partial charge in [-0.25, -0.2) is 0 Å². The normalized spacial score (nSPS) is 19.5. The molecule has 4 rings (SSSR count). The third-order valence-electron chi connectivity index (χ3n) is 6.00. The average molecular weight is 444 g/mol. The summed E-state index contributed by atoms with van der Waals surface area (Å²) in [6.07, 6.45) is 3.66. The summed E-state index contributed by atoms with van der Waals surface area (Å²) in [5.74, 6) is 0.0406. The van der Waals surface area contributed by atoms with E-state index >= 15 is 0 Å². The molecule has 0 saturated carbocycles. The van der Waals surface area contributed by atoms with E-state index in [1.165, 1.54) is 28.9 Å². The number of benzene rings is 2. The first-order valence-electron chi connectivity index (χ1n) is 10.6. The van der Waals surface area contributed by atoms with Crippen LogP contribution in [0.2, 0.25) is 0 Å². The molecule has 7 nitrogen and oxygen atoms in total. The minimum absolute atomic E-state index is 0.0700. The van der Waals surface area contributed by atoms with Crippen LogP contribution in [0.1, 0.15) is 27.9 Å². The van der Waals surface area contributed by atoms with Gasteiger partial charge in [-0.05, 0) is 67.8 Å². The van der Waals surface area contributed by atoms with E-state index in [-0.39, 0.29) is 17.7 Å². The monoisotopic (exact) mass is 443 g/mol. The van der Waals surface area contributed by atoms with Crippen LogP contribution in [0, 0.1) is 0 Å². The van der Waals surface area contributed by atoms with Gasteiger partial charge in [0.25, 0.3) is 5.91 Å². The number of anilines is 1. The highest BCUT2D eigenvalue weighted by Gasteiger charge is 2.25. The van der Waals surface area contributed by atoms with Gasteiger partial charge in [0.05, 0.1) is 6.26 Å². The van der Waals surface area contributed by atoms with Crippen molar-refractivity contribution in [3.63, 3.8) is 0 Å². The Morgan fingerprint density at radius 1 is 1.06 bits per heavy atom. The maximum Gasteiger partial charge on any atom is 0.306 e. The van der Waals surface area contributed by atoms with Crippen molar-refractivity contribution in [1.29, 1.82) is 0 Å². The average Bonchev–Trinajstić information content (AvgIpc) is 2.73. The fourth-order valence-electron chi connectivity index (χ4n) is 4.34. The van der Waals surface area contributed by atoms with Crippen LogP contribution < -0.4 is 14.4 Å². The summed E-state index contributed by atoms with van der Waals surface area (Å²) in [4.78, 5) is 17.6. The van der Waals surface area contributed by atoms with E-state index < -0.39 is 10.1 Å². The molecule has 1 amide bonds. The van der Waals surface area contributed by atoms with Crippen LogP contribution in [0.15, 0.2) is 42.5 Å². The van der Waals surface area contributed by atoms with Crippen LogP contribution in [0.4, 0.5) is 5.69 Å². The number of hydrogen-bond acceptors (Lipinski definition) is 6. The number of piperazine rings is 1. The molecule has 2 aliphatic rings. The van der Waals surface area contributed by atoms with Crippen LogP contribution in [-0.4, -0.2) is 64.7 Å². The summed E-state index contributed by atoms with van der Waals surface area (Å²) in [7, 11) is -1.43. The Labute approximate surface area is 184 Å². The molecule has 1 aliphatic carbocycles. The minimum Gasteiger partial charge on any atom is -0.383 e. The number of nitrogens with zero attached hydrogens (tertiary/aromatic N) is 2. The van der Waals surface area contributed by atoms with E-state index in [0.29, 0.717) is 5.56 Å². The second kappa shape index (κ2) is 8.88. The topological polar surface area (TPSA) is 79.0 Å². The number of likely N-dealkylation sites (N-methyl/N-ethyl adjacent to an activating group) is 1. The predicted molar refractivity (Wildman–Crippen MR) is 121 cm³/mol. The number of rotatable bonds is 5. The highest BCUT2D eigenvalue weighted by atomic mass is 32.2. The molecule has 0 aromatic heterocycles. The van der Waals surface area contributed by atoms with Crippen molar-refractivity contribution in [2.75, 3.05) is 44.4 Å². The maximum absolute atomic E-state index is 12.8. The molecule has 1 saturated heterocycles. The molecule has 0 radical (unpaired) electrons. The van der Waals surface area contributed by atoms with Crippen molar-refractivity contribution >= 4 is 21.7 Å². The van der Waals surface area contributed by atoms with E-state index in [9.17, 15) is 13.2 Å². The molecule has 1 fully saturated rings. The quantitative estimate of drug-likeness (QED) is 0.713. The lowest BCUT2D eigenvalue weighted by Crippen LogP contribution is -2.45. The number of hydrogen-bond donors (Lipinski definition) is 1. The summed E-state index contributed by atoms with van der Waals surface area (Å²) in [6.45, 7) is 4.16. The molecule has 2 aromatic rings. The Morgan fingerprint density at radius 2 is 1.77 bits per heavy atom. The molecular formula is C23H29N3O4S. The zero-order chi connectivity index (χ0) is 22.0. The molecule has 31 heavy (non-hydrogen) atoms. The summed E-state index contributed by atoms with van der Waals surface area (Å²) in [5.41, 5.74) is 4.51. The third kappa shape index (κ3) is 5.37. The maximum atomic E-state index is 12.8. The molecule has 1 N–H and O–H groups in total. The number of aryl methyl sites for hydroxylation is 1. The molecule has 8 heteroatoms. The Kier molecular flexibility index (Phi) is 6.20. The number of carbonyl (C=O) groups is 1. The van der Waals surface area contributed by atoms with Crippen LogP contribution in [0.25, 0.3) is 0 Å². The van der Waals surface area contributed by atoms with Gasteiger partial charge in [-0.1, -0.05) is 12.1 Å². The Bertz CT molecular complexity index is 1040. The zero-order valence-corrected chi connectivity index (χ0v) is 18.8. The number of nitrogens with one attached hydrogen (secondary N) is 1. The van der Waals surface area contributed by atoms with E-state index in [1.807, 2.05) is 0 Å². The van der Waals surface area contributed by atoms with E-state index in [1.54, 1.807) is 12.1 Å². The fraction of sp³-hybridized carbons (Fsp3) is 0.435. The van der Waals surface area contributed by atoms with Gasteiger partial charge < -0.3 is 19.3 Å². The predicted octanol–water partition coefficient (Wildman–Crippen LogP) is 2.06. The van der Waals surface area contributed by atoms with Crippen molar-refractivity contribution < 1.29 is 17.4 Å². The van der Waals surface area contributed by atoms with Gasteiger partial charge in [-0.15, -0.1) is 0 Å². The van der Waals surface area contributed by atoms with Crippen LogP contribution in [0.3, 0.4) is 0 Å². The summed E-state index contributed by atoms with van der Waals surface area (Å²) in [5, 5.41) is 3.16. The van der Waals surface area contributed by atoms with E-state index in [2.05, 4.69) is 40.4 Å². The van der Waals surface area contributed by atoms with Crippen LogP contribution >= 0.6 is 0 Å². The molecule has 166 valence electrons. The first-order valence-corrected chi connectivity index (χ1v) is 12.4. The standard InChI is InChI=1S/C23H29N3O4S/c1-25-12-14-26(15-13-25)22-5-3-4-17-6-9-19(16-21(17)22)24-23(27)18-7-10-20(11-8-18)30-31(2,28)29/h3-5,7-8,10-11,19H,6,9,12-16H2,1-2H3,(H,24,27)/t19-/m1/s1. The number of carbonyl (C=O) groups excluding carboxylic acids is 1. The smallest absolute Gasteiger partial charge is 0.306 e. The molecule has 0 spiro atoms. The van der Waals surface area contributed by atoms with Crippen LogP contribution in [-0.2, 0) is 23.0 Å². The van der Waals surface area contributed by atoms with Crippen LogP contribution in [0.5, 0.6) is 5.75 Å². The highest BCUT2D eigenvalue weighted by Crippen LogP contribution is 2.31. The molecular weight excluding hydrogens is 414 g/mol. The molecule has 0 unspecified atom stereocenters. The SMILES string of the molecule is CN1CCN(c2cccc3c2C[C@H](NC(=O)c2ccc(OS(C)(=O)=O)cc2)CC3)CC1. The molecule has 1 aliphatic heterocycles. The molecule has 2 aromatic carbocycles. The lowest BCUT2D eigenvalue weighted by Gasteiger charge is -2.37. The van der Waals surface area contributed by atoms with Crippen molar-refractivity contribution in [2.45, 2.75) is 25.3 Å². The Morgan fingerprint density at radius 3 is 2.45 bits per heavy atom. The van der Waals surface area contributed by atoms with Gasteiger partial charge in [0.15, 0.2) is 0 Å². The van der Waals surface area contributed by atoms with Crippen molar-refractivity contribution in [2.24, 2.45) is 0 Å². The summed E-state index contributed by atoms with van der Waals surface area (Å²) >= 11 is 0. The molecule has 1 heterocycles. The second-order valence-electron chi connectivity index (χ2n) is 8.43. The van der Waals surface area contributed by atoms with Gasteiger partial charge in [0, 0.05) is 43.5 Å². The first-order chi connectivity index (χ1) is 14.8. The van der Waals surface area contributed by atoms with Crippen molar-refractivity contribution in [1.82, 2.24) is 10.2 Å². The highest BCUT2D eigenvalue weighted by molar-refractivity contribution is 7.86. The molecule has 1 atom stereocenters. The van der Waals surface area contributed by atoms with E-state index in [4.69, 9.17) is 4.18 Å². The van der Waals surface area contributed by atoms with Crippen molar-refractivity contribution in [3.8, 4) is 5.75 Å². The summed E-state index contributed by atoms with van der Waals surface area (Å²) < 4.78 is 27.3. The Balaban J connectivity index is 1.43. The van der Waals surface area contributed by atoms with Gasteiger partial charge >= 0.3 is 10.1 Å². The number of amides is 1. The fourth-order valence-corrected chi connectivity index (χ4v) is 4.80. The van der Waals surface area contributed by atoms with Gasteiger partial charge in [-0.3, -0.25) is 4.79 Å². The zero-order valence-electron chi connectivity index (χ0n) is 18.0. The van der Waals surface area contributed by atoms with Gasteiger partial charge in [-0.2, -0.15) is 8.42 Å². The first kappa shape index (κ1) is 21.6. The lowest BCUT2D eigenvalue weighted by atomic mass is 9.86. The lowest BCUT2D eigenvalue weighted by molar-refractivity contribution is 0.0933. The van der Waals surface area contributed by atoms with Gasteiger partial charge in [0.1, 0.15) is 5.75 Å².